The monoisotopic (exact) mass is 379 g/mol. The van der Waals surface area contributed by atoms with Crippen molar-refractivity contribution in [1.82, 2.24) is 5.32 Å². The first kappa shape index (κ1) is 17.7. The van der Waals surface area contributed by atoms with Gasteiger partial charge in [-0.05, 0) is 38.1 Å². The summed E-state index contributed by atoms with van der Waals surface area (Å²) in [7, 11) is 1.55. The Morgan fingerprint density at radius 3 is 2.25 bits per heavy atom. The molecule has 1 amide bonds. The number of hydrogen-bond donors (Lipinski definition) is 2. The molecule has 0 aliphatic rings. The molecule has 0 unspecified atom stereocenters. The van der Waals surface area contributed by atoms with Crippen LogP contribution in [-0.4, -0.2) is 24.0 Å². The predicted octanol–water partition coefficient (Wildman–Crippen LogP) is 4.08. The molecule has 0 fully saturated rings. The number of aromatic hydroxyl groups is 1. The van der Waals surface area contributed by atoms with E-state index in [2.05, 4.69) is 5.32 Å². The molecule has 0 atom stereocenters. The first-order chi connectivity index (χ1) is 13.4. The van der Waals surface area contributed by atoms with E-state index < -0.39 is 5.97 Å². The van der Waals surface area contributed by atoms with Gasteiger partial charge in [0, 0.05) is 30.0 Å². The molecule has 0 spiro atoms. The summed E-state index contributed by atoms with van der Waals surface area (Å²) in [4.78, 5) is 24.7. The molecule has 0 aliphatic heterocycles. The first-order valence-corrected chi connectivity index (χ1v) is 8.58. The van der Waals surface area contributed by atoms with E-state index in [4.69, 9.17) is 13.6 Å². The van der Waals surface area contributed by atoms with Gasteiger partial charge in [0.25, 0.3) is 5.91 Å². The quantitative estimate of drug-likeness (QED) is 0.411. The zero-order valence-electron chi connectivity index (χ0n) is 15.5. The van der Waals surface area contributed by atoms with Gasteiger partial charge < -0.3 is 24.0 Å². The number of fused-ring (bicyclic) bond motifs is 2. The van der Waals surface area contributed by atoms with E-state index in [1.165, 1.54) is 12.1 Å². The zero-order chi connectivity index (χ0) is 20.0. The molecule has 0 saturated carbocycles. The minimum atomic E-state index is -0.587. The van der Waals surface area contributed by atoms with Crippen LogP contribution in [0.3, 0.4) is 0 Å². The van der Waals surface area contributed by atoms with E-state index in [0.717, 1.165) is 0 Å². The summed E-state index contributed by atoms with van der Waals surface area (Å²) < 4.78 is 16.7. The largest absolute Gasteiger partial charge is 0.508 e. The Balaban J connectivity index is 1.70. The van der Waals surface area contributed by atoms with E-state index in [0.29, 0.717) is 39.0 Å². The fourth-order valence-corrected chi connectivity index (χ4v) is 3.29. The van der Waals surface area contributed by atoms with Crippen molar-refractivity contribution in [3.63, 3.8) is 0 Å². The second-order valence-electron chi connectivity index (χ2n) is 6.37. The number of esters is 1. The Morgan fingerprint density at radius 2 is 1.54 bits per heavy atom. The average molecular weight is 379 g/mol. The lowest BCUT2D eigenvalue weighted by atomic mass is 10.1. The number of aryl methyl sites for hydroxylation is 2. The molecule has 2 aromatic heterocycles. The van der Waals surface area contributed by atoms with Crippen LogP contribution in [0.4, 0.5) is 0 Å². The molecule has 0 aliphatic carbocycles. The molecular formula is C21H17NO6. The van der Waals surface area contributed by atoms with Crippen LogP contribution in [0, 0.1) is 13.8 Å². The molecule has 0 bridgehead atoms. The SMILES string of the molecule is CNC(=O)c1c(C)oc2cc(OC(=O)c3c(C)oc4cc(O)ccc34)ccc12. The summed E-state index contributed by atoms with van der Waals surface area (Å²) in [5, 5.41) is 13.3. The second kappa shape index (κ2) is 6.45. The van der Waals surface area contributed by atoms with Crippen LogP contribution in [0.5, 0.6) is 11.5 Å². The Hall–Kier alpha value is -3.74. The van der Waals surface area contributed by atoms with Crippen molar-refractivity contribution in [2.45, 2.75) is 13.8 Å². The normalized spacial score (nSPS) is 11.1. The van der Waals surface area contributed by atoms with Crippen LogP contribution in [0.2, 0.25) is 0 Å². The molecule has 0 saturated heterocycles. The number of benzene rings is 2. The smallest absolute Gasteiger partial charge is 0.347 e. The molecule has 2 aromatic carbocycles. The fourth-order valence-electron chi connectivity index (χ4n) is 3.29. The summed E-state index contributed by atoms with van der Waals surface area (Å²) in [5.41, 5.74) is 1.58. The molecule has 4 rings (SSSR count). The summed E-state index contributed by atoms with van der Waals surface area (Å²) >= 11 is 0. The first-order valence-electron chi connectivity index (χ1n) is 8.58. The molecule has 2 N–H and O–H groups in total. The van der Waals surface area contributed by atoms with Gasteiger partial charge in [-0.1, -0.05) is 0 Å². The summed E-state index contributed by atoms with van der Waals surface area (Å²) in [6.45, 7) is 3.36. The Kier molecular flexibility index (Phi) is 4.07. The predicted molar refractivity (Wildman–Crippen MR) is 102 cm³/mol. The van der Waals surface area contributed by atoms with Crippen molar-refractivity contribution in [2.24, 2.45) is 0 Å². The van der Waals surface area contributed by atoms with Crippen molar-refractivity contribution < 1.29 is 28.3 Å². The standard InChI is InChI=1S/C21H17NO6/c1-10-18(20(24)22-3)14-7-5-13(9-17(14)26-10)28-21(25)19-11(2)27-16-8-12(23)4-6-15(16)19/h4-9,23H,1-3H3,(H,22,24). The Labute approximate surface area is 159 Å². The van der Waals surface area contributed by atoms with E-state index in [9.17, 15) is 14.7 Å². The lowest BCUT2D eigenvalue weighted by Gasteiger charge is -2.04. The van der Waals surface area contributed by atoms with Gasteiger partial charge in [0.2, 0.25) is 0 Å². The molecular weight excluding hydrogens is 362 g/mol. The maximum Gasteiger partial charge on any atom is 0.347 e. The number of phenolic OH excluding ortho intramolecular Hbond substituents is 1. The van der Waals surface area contributed by atoms with Crippen LogP contribution >= 0.6 is 0 Å². The van der Waals surface area contributed by atoms with Crippen molar-refractivity contribution in [1.29, 1.82) is 0 Å². The number of nitrogens with one attached hydrogen (secondary N) is 1. The third kappa shape index (κ3) is 2.77. The van der Waals surface area contributed by atoms with Crippen molar-refractivity contribution in [3.8, 4) is 11.5 Å². The number of furan rings is 2. The van der Waals surface area contributed by atoms with Crippen LogP contribution in [0.25, 0.3) is 21.9 Å². The molecule has 2 heterocycles. The van der Waals surface area contributed by atoms with E-state index in [1.54, 1.807) is 45.2 Å². The van der Waals surface area contributed by atoms with E-state index in [1.807, 2.05) is 0 Å². The zero-order valence-corrected chi connectivity index (χ0v) is 15.5. The number of phenols is 1. The van der Waals surface area contributed by atoms with Crippen LogP contribution in [0.1, 0.15) is 32.2 Å². The molecule has 4 aromatic rings. The molecule has 7 heteroatoms. The van der Waals surface area contributed by atoms with Gasteiger partial charge in [-0.3, -0.25) is 4.79 Å². The Bertz CT molecular complexity index is 1250. The lowest BCUT2D eigenvalue weighted by Crippen LogP contribution is -2.18. The minimum Gasteiger partial charge on any atom is -0.508 e. The van der Waals surface area contributed by atoms with Gasteiger partial charge in [-0.15, -0.1) is 0 Å². The number of ether oxygens (including phenoxy) is 1. The number of carbonyl (C=O) groups is 2. The number of carbonyl (C=O) groups excluding carboxylic acids is 2. The fraction of sp³-hybridized carbons (Fsp3) is 0.143. The van der Waals surface area contributed by atoms with Gasteiger partial charge >= 0.3 is 5.97 Å². The van der Waals surface area contributed by atoms with Crippen molar-refractivity contribution >= 4 is 33.8 Å². The maximum atomic E-state index is 12.7. The van der Waals surface area contributed by atoms with E-state index >= 15 is 0 Å². The van der Waals surface area contributed by atoms with Crippen LogP contribution in [0.15, 0.2) is 45.2 Å². The highest BCUT2D eigenvalue weighted by atomic mass is 16.5. The van der Waals surface area contributed by atoms with Gasteiger partial charge in [-0.25, -0.2) is 4.79 Å². The summed E-state index contributed by atoms with van der Waals surface area (Å²) in [6.07, 6.45) is 0. The number of rotatable bonds is 3. The molecule has 28 heavy (non-hydrogen) atoms. The molecule has 142 valence electrons. The minimum absolute atomic E-state index is 0.0479. The summed E-state index contributed by atoms with van der Waals surface area (Å²) in [5.74, 6) is 0.367. The van der Waals surface area contributed by atoms with E-state index in [-0.39, 0.29) is 23.0 Å². The highest BCUT2D eigenvalue weighted by molar-refractivity contribution is 6.08. The van der Waals surface area contributed by atoms with Crippen LogP contribution < -0.4 is 10.1 Å². The third-order valence-electron chi connectivity index (χ3n) is 4.56. The van der Waals surface area contributed by atoms with Gasteiger partial charge in [0.1, 0.15) is 39.7 Å². The summed E-state index contributed by atoms with van der Waals surface area (Å²) in [6, 6.07) is 9.37. The highest BCUT2D eigenvalue weighted by Crippen LogP contribution is 2.32. The van der Waals surface area contributed by atoms with Gasteiger partial charge in [0.15, 0.2) is 0 Å². The van der Waals surface area contributed by atoms with Gasteiger partial charge in [-0.2, -0.15) is 0 Å². The average Bonchev–Trinajstić information content (AvgIpc) is 3.15. The highest BCUT2D eigenvalue weighted by Gasteiger charge is 2.22. The topological polar surface area (TPSA) is 102 Å². The van der Waals surface area contributed by atoms with Crippen molar-refractivity contribution in [3.05, 3.63) is 59.0 Å². The molecule has 0 radical (unpaired) electrons. The molecule has 7 nitrogen and oxygen atoms in total. The number of amides is 1. The van der Waals surface area contributed by atoms with Crippen molar-refractivity contribution in [2.75, 3.05) is 7.05 Å². The second-order valence-corrected chi connectivity index (χ2v) is 6.37. The third-order valence-corrected chi connectivity index (χ3v) is 4.56. The number of hydrogen-bond acceptors (Lipinski definition) is 6. The Morgan fingerprint density at radius 1 is 0.929 bits per heavy atom. The maximum absolute atomic E-state index is 12.7. The van der Waals surface area contributed by atoms with Gasteiger partial charge in [0.05, 0.1) is 5.56 Å². The van der Waals surface area contributed by atoms with Crippen LogP contribution in [-0.2, 0) is 0 Å². The lowest BCUT2D eigenvalue weighted by molar-refractivity contribution is 0.0734.